The summed E-state index contributed by atoms with van der Waals surface area (Å²) in [5.41, 5.74) is 1.30. The van der Waals surface area contributed by atoms with Crippen LogP contribution in [0.5, 0.6) is 0 Å². The fraction of sp³-hybridized carbons (Fsp3) is 0.750. The van der Waals surface area contributed by atoms with Crippen molar-refractivity contribution < 1.29 is 26.4 Å². The number of halogens is 1. The molecule has 0 aliphatic heterocycles. The van der Waals surface area contributed by atoms with Crippen molar-refractivity contribution in [1.29, 1.82) is 0 Å². The molecule has 0 radical (unpaired) electrons. The summed E-state index contributed by atoms with van der Waals surface area (Å²) in [6, 6.07) is 0. The molecule has 0 aromatic rings. The van der Waals surface area contributed by atoms with Crippen LogP contribution in [0.15, 0.2) is 11.6 Å². The fourth-order valence-electron chi connectivity index (χ4n) is 1.48. The normalized spacial score (nSPS) is 10.3. The SMILES string of the molecule is CC[N+](CC)(CC=C(C)C)CC(=O)OC.[Cl-]. The van der Waals surface area contributed by atoms with Crippen molar-refractivity contribution in [3.8, 4) is 0 Å². The van der Waals surface area contributed by atoms with E-state index in [1.807, 2.05) is 0 Å². The quantitative estimate of drug-likeness (QED) is 0.343. The number of quaternary nitrogens is 1. The highest BCUT2D eigenvalue weighted by Gasteiger charge is 2.25. The van der Waals surface area contributed by atoms with E-state index in [1.54, 1.807) is 0 Å². The predicted molar refractivity (Wildman–Crippen MR) is 62.5 cm³/mol. The molecule has 0 spiro atoms. The van der Waals surface area contributed by atoms with Crippen LogP contribution >= 0.6 is 0 Å². The minimum absolute atomic E-state index is 0. The topological polar surface area (TPSA) is 26.3 Å². The van der Waals surface area contributed by atoms with Gasteiger partial charge in [0.2, 0.25) is 0 Å². The van der Waals surface area contributed by atoms with E-state index in [9.17, 15) is 4.79 Å². The third kappa shape index (κ3) is 6.13. The zero-order valence-corrected chi connectivity index (χ0v) is 11.8. The molecule has 0 saturated carbocycles. The Hall–Kier alpha value is -0.540. The average molecular weight is 250 g/mol. The van der Waals surface area contributed by atoms with Gasteiger partial charge in [0, 0.05) is 0 Å². The van der Waals surface area contributed by atoms with E-state index in [0.717, 1.165) is 24.1 Å². The molecule has 0 heterocycles. The highest BCUT2D eigenvalue weighted by Crippen LogP contribution is 2.08. The van der Waals surface area contributed by atoms with Crippen molar-refractivity contribution >= 4 is 5.97 Å². The number of carbonyl (C=O) groups is 1. The summed E-state index contributed by atoms with van der Waals surface area (Å²) in [7, 11) is 1.45. The number of esters is 1. The van der Waals surface area contributed by atoms with Crippen molar-refractivity contribution in [2.24, 2.45) is 0 Å². The van der Waals surface area contributed by atoms with E-state index in [1.165, 1.54) is 12.7 Å². The Morgan fingerprint density at radius 3 is 2.06 bits per heavy atom. The van der Waals surface area contributed by atoms with Crippen LogP contribution in [0.25, 0.3) is 0 Å². The number of nitrogens with zero attached hydrogens (tertiary/aromatic N) is 1. The first-order valence-corrected chi connectivity index (χ1v) is 5.55. The van der Waals surface area contributed by atoms with Gasteiger partial charge in [-0.05, 0) is 33.8 Å². The maximum absolute atomic E-state index is 11.3. The second-order valence-electron chi connectivity index (χ2n) is 4.17. The predicted octanol–water partition coefficient (Wildman–Crippen LogP) is -1.01. The van der Waals surface area contributed by atoms with E-state index >= 15 is 0 Å². The van der Waals surface area contributed by atoms with Crippen LogP contribution in [0.2, 0.25) is 0 Å². The Morgan fingerprint density at radius 2 is 1.75 bits per heavy atom. The monoisotopic (exact) mass is 249 g/mol. The molecule has 0 unspecified atom stereocenters. The Bertz CT molecular complexity index is 231. The molecule has 0 amide bonds. The van der Waals surface area contributed by atoms with Gasteiger partial charge in [-0.25, -0.2) is 4.79 Å². The minimum atomic E-state index is -0.124. The number of hydrogen-bond donors (Lipinski definition) is 0. The molecule has 0 aliphatic rings. The molecule has 0 aliphatic carbocycles. The molecule has 96 valence electrons. The molecule has 0 rings (SSSR count). The first-order chi connectivity index (χ1) is 6.99. The van der Waals surface area contributed by atoms with E-state index in [0.29, 0.717) is 6.54 Å². The first kappa shape index (κ1) is 17.8. The van der Waals surface area contributed by atoms with Gasteiger partial charge in [0.25, 0.3) is 0 Å². The second kappa shape index (κ2) is 8.59. The van der Waals surface area contributed by atoms with Gasteiger partial charge in [-0.2, -0.15) is 0 Å². The third-order valence-corrected chi connectivity index (χ3v) is 2.92. The lowest BCUT2D eigenvalue weighted by atomic mass is 10.2. The van der Waals surface area contributed by atoms with Gasteiger partial charge in [0.05, 0.1) is 26.7 Å². The van der Waals surface area contributed by atoms with Crippen molar-refractivity contribution in [2.75, 3.05) is 33.3 Å². The molecule has 0 aromatic heterocycles. The summed E-state index contributed by atoms with van der Waals surface area (Å²) in [5.74, 6) is -0.124. The lowest BCUT2D eigenvalue weighted by Gasteiger charge is -2.34. The van der Waals surface area contributed by atoms with Crippen molar-refractivity contribution in [1.82, 2.24) is 0 Å². The largest absolute Gasteiger partial charge is 1.00 e. The van der Waals surface area contributed by atoms with E-state index < -0.39 is 0 Å². The van der Waals surface area contributed by atoms with Crippen LogP contribution in [-0.4, -0.2) is 43.7 Å². The maximum atomic E-state index is 11.3. The van der Waals surface area contributed by atoms with Gasteiger partial charge < -0.3 is 21.6 Å². The average Bonchev–Trinajstić information content (AvgIpc) is 2.24. The molecule has 3 nitrogen and oxygen atoms in total. The molecular weight excluding hydrogens is 226 g/mol. The fourth-order valence-corrected chi connectivity index (χ4v) is 1.48. The number of methoxy groups -OCH3 is 1. The number of ether oxygens (including phenoxy) is 1. The van der Waals surface area contributed by atoms with Crippen molar-refractivity contribution in [3.63, 3.8) is 0 Å². The van der Waals surface area contributed by atoms with Gasteiger partial charge >= 0.3 is 5.97 Å². The molecular formula is C12H24ClNO2. The highest BCUT2D eigenvalue weighted by atomic mass is 35.5. The molecule has 0 bridgehead atoms. The van der Waals surface area contributed by atoms with Gasteiger partial charge in [-0.1, -0.05) is 5.57 Å². The van der Waals surface area contributed by atoms with E-state index in [2.05, 4.69) is 33.8 Å². The summed E-state index contributed by atoms with van der Waals surface area (Å²) >= 11 is 0. The lowest BCUT2D eigenvalue weighted by molar-refractivity contribution is -0.912. The van der Waals surface area contributed by atoms with Gasteiger partial charge in [-0.15, -0.1) is 0 Å². The summed E-state index contributed by atoms with van der Waals surface area (Å²) < 4.78 is 5.52. The zero-order chi connectivity index (χ0) is 11.9. The molecule has 0 saturated heterocycles. The standard InChI is InChI=1S/C12H24NO2.ClH/c1-6-13(7-2,9-8-11(3)4)10-12(14)15-5;/h8H,6-7,9-10H2,1-5H3;1H/q+1;/p-1. The van der Waals surface area contributed by atoms with Crippen molar-refractivity contribution in [2.45, 2.75) is 27.7 Å². The van der Waals surface area contributed by atoms with Crippen LogP contribution in [0.4, 0.5) is 0 Å². The van der Waals surface area contributed by atoms with Crippen LogP contribution in [0.1, 0.15) is 27.7 Å². The summed E-state index contributed by atoms with van der Waals surface area (Å²) in [6.45, 7) is 11.7. The smallest absolute Gasteiger partial charge is 0.361 e. The Kier molecular flexibility index (Phi) is 9.58. The Morgan fingerprint density at radius 1 is 1.25 bits per heavy atom. The summed E-state index contributed by atoms with van der Waals surface area (Å²) in [6.07, 6.45) is 2.19. The second-order valence-corrected chi connectivity index (χ2v) is 4.17. The van der Waals surface area contributed by atoms with Crippen LogP contribution < -0.4 is 12.4 Å². The summed E-state index contributed by atoms with van der Waals surface area (Å²) in [4.78, 5) is 11.3. The number of allylic oxidation sites excluding steroid dienone is 1. The lowest BCUT2D eigenvalue weighted by Crippen LogP contribution is -3.00. The molecule has 4 heteroatoms. The number of carbonyl (C=O) groups excluding carboxylic acids is 1. The molecule has 0 N–H and O–H groups in total. The number of hydrogen-bond acceptors (Lipinski definition) is 2. The third-order valence-electron chi connectivity index (χ3n) is 2.92. The van der Waals surface area contributed by atoms with Gasteiger partial charge in [-0.3, -0.25) is 0 Å². The summed E-state index contributed by atoms with van der Waals surface area (Å²) in [5, 5.41) is 0. The van der Waals surface area contributed by atoms with E-state index in [-0.39, 0.29) is 18.4 Å². The number of rotatable bonds is 6. The van der Waals surface area contributed by atoms with E-state index in [4.69, 9.17) is 4.74 Å². The molecule has 16 heavy (non-hydrogen) atoms. The highest BCUT2D eigenvalue weighted by molar-refractivity contribution is 5.70. The zero-order valence-electron chi connectivity index (χ0n) is 11.0. The van der Waals surface area contributed by atoms with Crippen LogP contribution in [0, 0.1) is 0 Å². The first-order valence-electron chi connectivity index (χ1n) is 5.55. The van der Waals surface area contributed by atoms with Crippen LogP contribution in [-0.2, 0) is 9.53 Å². The van der Waals surface area contributed by atoms with Gasteiger partial charge in [0.15, 0.2) is 6.54 Å². The number of likely N-dealkylation sites (N-methyl/N-ethyl adjacent to an activating group) is 1. The minimum Gasteiger partial charge on any atom is -1.00 e. The van der Waals surface area contributed by atoms with Gasteiger partial charge in [0.1, 0.15) is 0 Å². The van der Waals surface area contributed by atoms with Crippen molar-refractivity contribution in [3.05, 3.63) is 11.6 Å². The van der Waals surface area contributed by atoms with Crippen LogP contribution in [0.3, 0.4) is 0 Å². The maximum Gasteiger partial charge on any atom is 0.361 e. The Labute approximate surface area is 105 Å². The molecule has 0 aromatic carbocycles. The molecule has 0 atom stereocenters. The molecule has 0 fully saturated rings. The Balaban J connectivity index is 0.